The minimum atomic E-state index is -4.30. The molecule has 0 saturated heterocycles. The summed E-state index contributed by atoms with van der Waals surface area (Å²) >= 11 is 4.84. The highest BCUT2D eigenvalue weighted by Crippen LogP contribution is 2.26. The third-order valence-corrected chi connectivity index (χ3v) is 2.57. The Morgan fingerprint density at radius 2 is 2.11 bits per heavy atom. The monoisotopic (exact) mass is 277 g/mol. The van der Waals surface area contributed by atoms with E-state index in [2.05, 4.69) is 4.98 Å². The molecule has 0 aliphatic carbocycles. The molecule has 0 aromatic carbocycles. The zero-order chi connectivity index (χ0) is 13.9. The molecule has 0 saturated carbocycles. The fraction of sp³-hybridized carbons (Fsp3) is 0.455. The van der Waals surface area contributed by atoms with Crippen LogP contribution in [0, 0.1) is 0 Å². The number of hydrogen-bond donors (Lipinski definition) is 1. The van der Waals surface area contributed by atoms with Crippen molar-refractivity contribution in [2.75, 3.05) is 11.4 Å². The zero-order valence-electron chi connectivity index (χ0n) is 10.0. The second-order valence-electron chi connectivity index (χ2n) is 4.09. The van der Waals surface area contributed by atoms with E-state index in [1.165, 1.54) is 23.4 Å². The van der Waals surface area contributed by atoms with Gasteiger partial charge in [0.1, 0.15) is 11.5 Å². The quantitative estimate of drug-likeness (QED) is 0.859. The Hall–Kier alpha value is -1.37. The van der Waals surface area contributed by atoms with Crippen LogP contribution in [0.25, 0.3) is 0 Å². The van der Waals surface area contributed by atoms with Gasteiger partial charge in [0.05, 0.1) is 11.9 Å². The Bertz CT molecular complexity index is 432. The molecule has 0 aliphatic heterocycles. The highest BCUT2D eigenvalue weighted by molar-refractivity contribution is 7.80. The maximum absolute atomic E-state index is 12.6. The number of alkyl halides is 3. The summed E-state index contributed by atoms with van der Waals surface area (Å²) in [6, 6.07) is 1.17. The Morgan fingerprint density at radius 1 is 1.50 bits per heavy atom. The number of rotatable bonds is 4. The van der Waals surface area contributed by atoms with Crippen LogP contribution >= 0.6 is 12.2 Å². The SMILES string of the molecule is CC(C)N(CC(F)(F)F)c1cnccc1C(N)=S. The van der Waals surface area contributed by atoms with E-state index >= 15 is 0 Å². The largest absolute Gasteiger partial charge is 0.405 e. The summed E-state index contributed by atoms with van der Waals surface area (Å²) in [7, 11) is 0. The Balaban J connectivity index is 3.18. The standard InChI is InChI=1S/C11H14F3N3S/c1-7(2)17(6-11(12,13)14)9-5-16-4-3-8(9)10(15)18/h3-5,7H,6H2,1-2H3,(H2,15,18). The molecule has 1 aromatic heterocycles. The highest BCUT2D eigenvalue weighted by atomic mass is 32.1. The predicted molar refractivity (Wildman–Crippen MR) is 68.7 cm³/mol. The van der Waals surface area contributed by atoms with Crippen LogP contribution in [0.5, 0.6) is 0 Å². The summed E-state index contributed by atoms with van der Waals surface area (Å²) in [6.07, 6.45) is -1.50. The molecule has 18 heavy (non-hydrogen) atoms. The second-order valence-corrected chi connectivity index (χ2v) is 4.53. The lowest BCUT2D eigenvalue weighted by Crippen LogP contribution is -2.40. The van der Waals surface area contributed by atoms with Crippen molar-refractivity contribution in [3.63, 3.8) is 0 Å². The van der Waals surface area contributed by atoms with Crippen LogP contribution in [0.3, 0.4) is 0 Å². The molecular formula is C11H14F3N3S. The van der Waals surface area contributed by atoms with Crippen LogP contribution in [0.4, 0.5) is 18.9 Å². The van der Waals surface area contributed by atoms with Gasteiger partial charge in [-0.25, -0.2) is 0 Å². The van der Waals surface area contributed by atoms with E-state index in [0.717, 1.165) is 0 Å². The van der Waals surface area contributed by atoms with E-state index in [1.807, 2.05) is 0 Å². The molecular weight excluding hydrogens is 263 g/mol. The van der Waals surface area contributed by atoms with Gasteiger partial charge in [-0.05, 0) is 19.9 Å². The fourth-order valence-corrected chi connectivity index (χ4v) is 1.74. The number of nitrogens with zero attached hydrogens (tertiary/aromatic N) is 2. The van der Waals surface area contributed by atoms with Crippen molar-refractivity contribution < 1.29 is 13.2 Å². The van der Waals surface area contributed by atoms with Gasteiger partial charge in [0.15, 0.2) is 0 Å². The van der Waals surface area contributed by atoms with Crippen molar-refractivity contribution >= 4 is 22.9 Å². The lowest BCUT2D eigenvalue weighted by atomic mass is 10.1. The normalized spacial score (nSPS) is 11.7. The van der Waals surface area contributed by atoms with Gasteiger partial charge >= 0.3 is 6.18 Å². The van der Waals surface area contributed by atoms with Crippen molar-refractivity contribution in [2.45, 2.75) is 26.1 Å². The maximum Gasteiger partial charge on any atom is 0.405 e. The van der Waals surface area contributed by atoms with Crippen molar-refractivity contribution in [1.29, 1.82) is 0 Å². The Morgan fingerprint density at radius 3 is 2.56 bits per heavy atom. The molecule has 0 spiro atoms. The van der Waals surface area contributed by atoms with E-state index < -0.39 is 12.7 Å². The zero-order valence-corrected chi connectivity index (χ0v) is 10.8. The average Bonchev–Trinajstić information content (AvgIpc) is 2.24. The summed E-state index contributed by atoms with van der Waals surface area (Å²) in [5.74, 6) is 0. The summed E-state index contributed by atoms with van der Waals surface area (Å²) in [5, 5.41) is 0. The molecule has 0 bridgehead atoms. The Kier molecular flexibility index (Phi) is 4.50. The van der Waals surface area contributed by atoms with Gasteiger partial charge in [-0.3, -0.25) is 4.98 Å². The van der Waals surface area contributed by atoms with Gasteiger partial charge < -0.3 is 10.6 Å². The molecule has 0 aliphatic rings. The van der Waals surface area contributed by atoms with E-state index in [4.69, 9.17) is 18.0 Å². The van der Waals surface area contributed by atoms with Gasteiger partial charge in [-0.15, -0.1) is 0 Å². The Labute approximate surface area is 109 Å². The number of anilines is 1. The number of aromatic nitrogens is 1. The fourth-order valence-electron chi connectivity index (χ4n) is 1.56. The van der Waals surface area contributed by atoms with Crippen molar-refractivity contribution in [3.8, 4) is 0 Å². The first-order valence-electron chi connectivity index (χ1n) is 5.29. The van der Waals surface area contributed by atoms with Gasteiger partial charge in [0.25, 0.3) is 0 Å². The van der Waals surface area contributed by atoms with Crippen LogP contribution in [0.15, 0.2) is 18.5 Å². The number of thiocarbonyl (C=S) groups is 1. The molecule has 1 rings (SSSR count). The lowest BCUT2D eigenvalue weighted by molar-refractivity contribution is -0.120. The van der Waals surface area contributed by atoms with Crippen molar-refractivity contribution in [2.24, 2.45) is 5.73 Å². The third kappa shape index (κ3) is 3.83. The van der Waals surface area contributed by atoms with Gasteiger partial charge in [0.2, 0.25) is 0 Å². The average molecular weight is 277 g/mol. The van der Waals surface area contributed by atoms with E-state index in [-0.39, 0.29) is 11.0 Å². The van der Waals surface area contributed by atoms with Gasteiger partial charge in [-0.1, -0.05) is 12.2 Å². The molecule has 2 N–H and O–H groups in total. The van der Waals surface area contributed by atoms with Crippen molar-refractivity contribution in [1.82, 2.24) is 4.98 Å². The molecule has 3 nitrogen and oxygen atoms in total. The van der Waals surface area contributed by atoms with E-state index in [1.54, 1.807) is 13.8 Å². The molecule has 7 heteroatoms. The third-order valence-electron chi connectivity index (χ3n) is 2.35. The topological polar surface area (TPSA) is 42.2 Å². The minimum absolute atomic E-state index is 0.0558. The molecule has 0 fully saturated rings. The van der Waals surface area contributed by atoms with E-state index in [9.17, 15) is 13.2 Å². The number of hydrogen-bond acceptors (Lipinski definition) is 3. The summed E-state index contributed by atoms with van der Waals surface area (Å²) in [5.41, 5.74) is 6.22. The lowest BCUT2D eigenvalue weighted by Gasteiger charge is -2.31. The summed E-state index contributed by atoms with van der Waals surface area (Å²) in [4.78, 5) is 5.07. The van der Waals surface area contributed by atoms with E-state index in [0.29, 0.717) is 11.3 Å². The van der Waals surface area contributed by atoms with Crippen molar-refractivity contribution in [3.05, 3.63) is 24.0 Å². The van der Waals surface area contributed by atoms with Gasteiger partial charge in [-0.2, -0.15) is 13.2 Å². The summed E-state index contributed by atoms with van der Waals surface area (Å²) < 4.78 is 37.7. The molecule has 100 valence electrons. The van der Waals surface area contributed by atoms with Crippen LogP contribution in [0.2, 0.25) is 0 Å². The van der Waals surface area contributed by atoms with Crippen LogP contribution in [-0.2, 0) is 0 Å². The van der Waals surface area contributed by atoms with Crippen LogP contribution in [-0.4, -0.2) is 28.7 Å². The number of pyridine rings is 1. The highest BCUT2D eigenvalue weighted by Gasteiger charge is 2.33. The number of nitrogens with two attached hydrogens (primary N) is 1. The first-order valence-corrected chi connectivity index (χ1v) is 5.70. The van der Waals surface area contributed by atoms with Gasteiger partial charge in [0, 0.05) is 17.8 Å². The maximum atomic E-state index is 12.6. The minimum Gasteiger partial charge on any atom is -0.389 e. The first kappa shape index (κ1) is 14.7. The smallest absolute Gasteiger partial charge is 0.389 e. The van der Waals surface area contributed by atoms with Crippen LogP contribution < -0.4 is 10.6 Å². The van der Waals surface area contributed by atoms with Crippen LogP contribution in [0.1, 0.15) is 19.4 Å². The first-order chi connectivity index (χ1) is 8.22. The number of halogens is 3. The molecule has 1 aromatic rings. The molecule has 1 heterocycles. The molecule has 0 amide bonds. The second kappa shape index (κ2) is 5.51. The molecule has 0 radical (unpaired) electrons. The summed E-state index contributed by atoms with van der Waals surface area (Å²) in [6.45, 7) is 2.27. The molecule has 0 unspecified atom stereocenters. The predicted octanol–water partition coefficient (Wildman–Crippen LogP) is 2.49. The molecule has 0 atom stereocenters.